The summed E-state index contributed by atoms with van der Waals surface area (Å²) >= 11 is 0. The van der Waals surface area contributed by atoms with Crippen molar-refractivity contribution < 1.29 is 5.11 Å². The van der Waals surface area contributed by atoms with Gasteiger partial charge in [-0.05, 0) is 43.1 Å². The largest absolute Gasteiger partial charge is 0.387 e. The van der Waals surface area contributed by atoms with Crippen LogP contribution >= 0.6 is 0 Å². The van der Waals surface area contributed by atoms with Crippen molar-refractivity contribution in [3.05, 3.63) is 42.5 Å². The van der Waals surface area contributed by atoms with Gasteiger partial charge in [-0.15, -0.1) is 0 Å². The number of benzene rings is 2. The molecule has 2 aromatic carbocycles. The maximum atomic E-state index is 11.3. The van der Waals surface area contributed by atoms with Crippen molar-refractivity contribution in [3.8, 4) is 0 Å². The van der Waals surface area contributed by atoms with Gasteiger partial charge in [0.1, 0.15) is 0 Å². The average Bonchev–Trinajstić information content (AvgIpc) is 2.56. The van der Waals surface area contributed by atoms with E-state index in [4.69, 9.17) is 0 Å². The van der Waals surface area contributed by atoms with Crippen LogP contribution in [0.1, 0.15) is 44.9 Å². The molecule has 2 aromatic rings. The Morgan fingerprint density at radius 3 is 2.68 bits per heavy atom. The first kappa shape index (κ1) is 14.1. The van der Waals surface area contributed by atoms with Crippen molar-refractivity contribution in [1.82, 2.24) is 0 Å². The second kappa shape index (κ2) is 5.58. The Bertz CT molecular complexity index is 660. The van der Waals surface area contributed by atoms with Crippen LogP contribution in [0.2, 0.25) is 0 Å². The molecule has 2 aliphatic rings. The quantitative estimate of drug-likeness (QED) is 0.840. The fourth-order valence-corrected chi connectivity index (χ4v) is 4.66. The summed E-state index contributed by atoms with van der Waals surface area (Å²) in [6, 6.07) is 15.1. The molecular formula is C20H25NO. The molecule has 2 aliphatic carbocycles. The van der Waals surface area contributed by atoms with Crippen molar-refractivity contribution in [2.75, 3.05) is 5.32 Å². The molecule has 3 atom stereocenters. The lowest BCUT2D eigenvalue weighted by Gasteiger charge is -2.49. The molecule has 2 nitrogen and oxygen atoms in total. The fraction of sp³-hybridized carbons (Fsp3) is 0.500. The van der Waals surface area contributed by atoms with E-state index in [9.17, 15) is 5.11 Å². The van der Waals surface area contributed by atoms with E-state index in [1.54, 1.807) is 0 Å². The van der Waals surface area contributed by atoms with Gasteiger partial charge in [-0.2, -0.15) is 0 Å². The average molecular weight is 295 g/mol. The van der Waals surface area contributed by atoms with E-state index in [2.05, 4.69) is 47.8 Å². The third-order valence-electron chi connectivity index (χ3n) is 5.85. The van der Waals surface area contributed by atoms with Crippen LogP contribution in [-0.2, 0) is 0 Å². The molecular weight excluding hydrogens is 270 g/mol. The van der Waals surface area contributed by atoms with E-state index in [1.807, 2.05) is 0 Å². The molecule has 2 fully saturated rings. The molecule has 2 N–H and O–H groups in total. The maximum Gasteiger partial charge on any atom is 0.0875 e. The molecule has 0 bridgehead atoms. The van der Waals surface area contributed by atoms with Crippen LogP contribution in [-0.4, -0.2) is 16.7 Å². The van der Waals surface area contributed by atoms with Crippen LogP contribution in [0.25, 0.3) is 10.8 Å². The number of aliphatic hydroxyl groups is 1. The zero-order valence-electron chi connectivity index (χ0n) is 13.1. The topological polar surface area (TPSA) is 32.3 Å². The van der Waals surface area contributed by atoms with Gasteiger partial charge in [0.2, 0.25) is 0 Å². The SMILES string of the molecule is O[C@]12CCCC[C@@H]1CCC[C@@H]2Nc1cccc2ccccc12. The molecule has 2 saturated carbocycles. The third kappa shape index (κ3) is 2.30. The van der Waals surface area contributed by atoms with E-state index < -0.39 is 5.60 Å². The first-order valence-electron chi connectivity index (χ1n) is 8.74. The summed E-state index contributed by atoms with van der Waals surface area (Å²) in [4.78, 5) is 0. The Kier molecular flexibility index (Phi) is 3.57. The van der Waals surface area contributed by atoms with Crippen molar-refractivity contribution >= 4 is 16.5 Å². The molecule has 0 unspecified atom stereocenters. The number of rotatable bonds is 2. The standard InChI is InChI=1S/C20H25NO/c22-20-14-4-3-9-16(20)10-6-13-19(20)21-18-12-5-8-15-7-1-2-11-17(15)18/h1-2,5,7-8,11-12,16,19,21-22H,3-4,6,9-10,13-14H2/t16-,19+,20-/m1/s1. The van der Waals surface area contributed by atoms with E-state index in [-0.39, 0.29) is 6.04 Å². The van der Waals surface area contributed by atoms with Gasteiger partial charge in [0, 0.05) is 11.1 Å². The Morgan fingerprint density at radius 1 is 0.909 bits per heavy atom. The van der Waals surface area contributed by atoms with E-state index in [0.717, 1.165) is 12.8 Å². The number of fused-ring (bicyclic) bond motifs is 2. The smallest absolute Gasteiger partial charge is 0.0875 e. The molecule has 22 heavy (non-hydrogen) atoms. The summed E-state index contributed by atoms with van der Waals surface area (Å²) in [5, 5.41) is 17.6. The van der Waals surface area contributed by atoms with Crippen molar-refractivity contribution in [1.29, 1.82) is 0 Å². The summed E-state index contributed by atoms with van der Waals surface area (Å²) in [5.74, 6) is 0.488. The first-order valence-corrected chi connectivity index (χ1v) is 8.74. The van der Waals surface area contributed by atoms with E-state index in [1.165, 1.54) is 48.6 Å². The Labute approximate surface area is 132 Å². The molecule has 0 amide bonds. The van der Waals surface area contributed by atoms with Crippen molar-refractivity contribution in [2.24, 2.45) is 5.92 Å². The summed E-state index contributed by atoms with van der Waals surface area (Å²) in [6.07, 6.45) is 8.12. The molecule has 0 radical (unpaired) electrons. The molecule has 116 valence electrons. The van der Waals surface area contributed by atoms with Gasteiger partial charge in [0.05, 0.1) is 11.6 Å². The van der Waals surface area contributed by atoms with Crippen molar-refractivity contribution in [2.45, 2.75) is 56.6 Å². The minimum absolute atomic E-state index is 0.192. The minimum Gasteiger partial charge on any atom is -0.387 e. The van der Waals surface area contributed by atoms with Gasteiger partial charge >= 0.3 is 0 Å². The van der Waals surface area contributed by atoms with Gasteiger partial charge in [0.15, 0.2) is 0 Å². The lowest BCUT2D eigenvalue weighted by molar-refractivity contribution is -0.0834. The predicted octanol–water partition coefficient (Wildman–Crippen LogP) is 4.73. The predicted molar refractivity (Wildman–Crippen MR) is 92.1 cm³/mol. The van der Waals surface area contributed by atoms with Gasteiger partial charge in [-0.1, -0.05) is 55.7 Å². The number of anilines is 1. The third-order valence-corrected chi connectivity index (χ3v) is 5.85. The maximum absolute atomic E-state index is 11.3. The van der Waals surface area contributed by atoms with Gasteiger partial charge < -0.3 is 10.4 Å². The second-order valence-corrected chi connectivity index (χ2v) is 7.09. The summed E-state index contributed by atoms with van der Waals surface area (Å²) in [5.41, 5.74) is 0.663. The van der Waals surface area contributed by atoms with Crippen LogP contribution < -0.4 is 5.32 Å². The van der Waals surface area contributed by atoms with Crippen molar-refractivity contribution in [3.63, 3.8) is 0 Å². The molecule has 0 aromatic heterocycles. The van der Waals surface area contributed by atoms with Gasteiger partial charge in [-0.3, -0.25) is 0 Å². The Balaban J connectivity index is 1.66. The van der Waals surface area contributed by atoms with E-state index >= 15 is 0 Å². The number of nitrogens with one attached hydrogen (secondary N) is 1. The molecule has 0 heterocycles. The number of hydrogen-bond donors (Lipinski definition) is 2. The molecule has 0 spiro atoms. The lowest BCUT2D eigenvalue weighted by atomic mass is 9.65. The van der Waals surface area contributed by atoms with Crippen LogP contribution in [0, 0.1) is 5.92 Å². The molecule has 2 heteroatoms. The van der Waals surface area contributed by atoms with Gasteiger partial charge in [-0.25, -0.2) is 0 Å². The van der Waals surface area contributed by atoms with E-state index in [0.29, 0.717) is 5.92 Å². The van der Waals surface area contributed by atoms with Gasteiger partial charge in [0.25, 0.3) is 0 Å². The van der Waals surface area contributed by atoms with Crippen LogP contribution in [0.4, 0.5) is 5.69 Å². The van der Waals surface area contributed by atoms with Crippen LogP contribution in [0.3, 0.4) is 0 Å². The highest BCUT2D eigenvalue weighted by Crippen LogP contribution is 2.45. The Hall–Kier alpha value is -1.54. The van der Waals surface area contributed by atoms with Crippen LogP contribution in [0.15, 0.2) is 42.5 Å². The zero-order valence-corrected chi connectivity index (χ0v) is 13.1. The monoisotopic (exact) mass is 295 g/mol. The molecule has 4 rings (SSSR count). The fourth-order valence-electron chi connectivity index (χ4n) is 4.66. The highest BCUT2D eigenvalue weighted by atomic mass is 16.3. The normalized spacial score (nSPS) is 31.7. The summed E-state index contributed by atoms with van der Waals surface area (Å²) in [6.45, 7) is 0. The number of hydrogen-bond acceptors (Lipinski definition) is 2. The first-order chi connectivity index (χ1) is 10.8. The minimum atomic E-state index is -0.507. The van der Waals surface area contributed by atoms with Crippen LogP contribution in [0.5, 0.6) is 0 Å². The second-order valence-electron chi connectivity index (χ2n) is 7.09. The lowest BCUT2D eigenvalue weighted by Crippen LogP contribution is -2.56. The summed E-state index contributed by atoms with van der Waals surface area (Å²) < 4.78 is 0. The highest BCUT2D eigenvalue weighted by molar-refractivity contribution is 5.93. The molecule has 0 aliphatic heterocycles. The zero-order chi connectivity index (χ0) is 15.0. The molecule has 0 saturated heterocycles. The highest BCUT2D eigenvalue weighted by Gasteiger charge is 2.47. The Morgan fingerprint density at radius 2 is 1.73 bits per heavy atom. The summed E-state index contributed by atoms with van der Waals surface area (Å²) in [7, 11) is 0.